The molecule has 1 N–H and O–H groups in total. The van der Waals surface area contributed by atoms with E-state index in [0.717, 1.165) is 0 Å². The molecule has 0 radical (unpaired) electrons. The molecule has 19 heavy (non-hydrogen) atoms. The molecule has 0 spiro atoms. The molecule has 7 heteroatoms. The van der Waals surface area contributed by atoms with Gasteiger partial charge in [0.1, 0.15) is 5.02 Å². The Labute approximate surface area is 115 Å². The van der Waals surface area contributed by atoms with Crippen molar-refractivity contribution in [2.24, 2.45) is 0 Å². The van der Waals surface area contributed by atoms with Crippen LogP contribution < -0.4 is 0 Å². The average Bonchev–Trinajstić information content (AvgIpc) is 2.39. The summed E-state index contributed by atoms with van der Waals surface area (Å²) >= 11 is 5.69. The molecular formula is C12H15ClN2O4. The minimum absolute atomic E-state index is 0.0000401. The van der Waals surface area contributed by atoms with Gasteiger partial charge in [0, 0.05) is 31.3 Å². The maximum Gasteiger partial charge on any atom is 0.288 e. The van der Waals surface area contributed by atoms with Crippen LogP contribution in [-0.2, 0) is 0 Å². The van der Waals surface area contributed by atoms with Crippen LogP contribution in [0.5, 0.6) is 0 Å². The van der Waals surface area contributed by atoms with Gasteiger partial charge in [-0.05, 0) is 25.5 Å². The Hall–Kier alpha value is -1.66. The van der Waals surface area contributed by atoms with Crippen LogP contribution in [0.2, 0.25) is 5.02 Å². The molecule has 1 amide bonds. The lowest BCUT2D eigenvalue weighted by Crippen LogP contribution is -2.32. The van der Waals surface area contributed by atoms with Crippen LogP contribution in [0.15, 0.2) is 18.2 Å². The molecule has 104 valence electrons. The Morgan fingerprint density at radius 2 is 2.21 bits per heavy atom. The van der Waals surface area contributed by atoms with E-state index < -0.39 is 4.92 Å². The van der Waals surface area contributed by atoms with Gasteiger partial charge in [0.15, 0.2) is 0 Å². The van der Waals surface area contributed by atoms with E-state index >= 15 is 0 Å². The van der Waals surface area contributed by atoms with Crippen LogP contribution in [0.25, 0.3) is 0 Å². The first-order valence-corrected chi connectivity index (χ1v) is 6.23. The molecule has 0 unspecified atom stereocenters. The number of rotatable bonds is 6. The van der Waals surface area contributed by atoms with Gasteiger partial charge in [0.25, 0.3) is 11.6 Å². The van der Waals surface area contributed by atoms with E-state index in [1.165, 1.54) is 23.1 Å². The average molecular weight is 287 g/mol. The highest BCUT2D eigenvalue weighted by molar-refractivity contribution is 6.32. The minimum atomic E-state index is -0.622. The summed E-state index contributed by atoms with van der Waals surface area (Å²) in [5.74, 6) is -0.310. The second-order valence-corrected chi connectivity index (χ2v) is 4.29. The number of carbonyl (C=O) groups is 1. The first kappa shape index (κ1) is 15.4. The zero-order valence-corrected chi connectivity index (χ0v) is 11.3. The fourth-order valence-electron chi connectivity index (χ4n) is 1.63. The van der Waals surface area contributed by atoms with Crippen molar-refractivity contribution >= 4 is 23.2 Å². The molecule has 0 saturated heterocycles. The van der Waals surface area contributed by atoms with E-state index in [-0.39, 0.29) is 28.8 Å². The molecule has 1 aromatic rings. The summed E-state index contributed by atoms with van der Waals surface area (Å²) in [6.07, 6.45) is 0.468. The van der Waals surface area contributed by atoms with Crippen molar-refractivity contribution in [2.45, 2.75) is 13.3 Å². The summed E-state index contributed by atoms with van der Waals surface area (Å²) in [5, 5.41) is 19.5. The third-order valence-electron chi connectivity index (χ3n) is 2.64. The molecule has 0 aliphatic rings. The number of carbonyl (C=O) groups excluding carboxylic acids is 1. The van der Waals surface area contributed by atoms with E-state index in [1.807, 2.05) is 0 Å². The number of nitro benzene ring substituents is 1. The van der Waals surface area contributed by atoms with Gasteiger partial charge >= 0.3 is 0 Å². The van der Waals surface area contributed by atoms with Crippen molar-refractivity contribution in [1.82, 2.24) is 4.90 Å². The standard InChI is InChI=1S/C12H15ClN2O4/c1-2-14(6-3-7-16)12(17)9-4-5-10(13)11(8-9)15(18)19/h4-5,8,16H,2-3,6-7H2,1H3. The van der Waals surface area contributed by atoms with Crippen molar-refractivity contribution in [3.8, 4) is 0 Å². The van der Waals surface area contributed by atoms with Crippen molar-refractivity contribution in [3.05, 3.63) is 38.9 Å². The van der Waals surface area contributed by atoms with Gasteiger partial charge in [-0.3, -0.25) is 14.9 Å². The Bertz CT molecular complexity index is 479. The molecule has 1 rings (SSSR count). The molecule has 0 atom stereocenters. The molecule has 0 heterocycles. The van der Waals surface area contributed by atoms with Gasteiger partial charge in [0.2, 0.25) is 0 Å². The van der Waals surface area contributed by atoms with E-state index in [0.29, 0.717) is 19.5 Å². The highest BCUT2D eigenvalue weighted by Gasteiger charge is 2.19. The van der Waals surface area contributed by atoms with Gasteiger partial charge < -0.3 is 10.0 Å². The number of aliphatic hydroxyl groups excluding tert-OH is 1. The zero-order valence-electron chi connectivity index (χ0n) is 10.5. The van der Waals surface area contributed by atoms with E-state index in [4.69, 9.17) is 16.7 Å². The minimum Gasteiger partial charge on any atom is -0.396 e. The third-order valence-corrected chi connectivity index (χ3v) is 2.96. The quantitative estimate of drug-likeness (QED) is 0.641. The number of amides is 1. The topological polar surface area (TPSA) is 83.7 Å². The molecule has 0 bridgehead atoms. The Morgan fingerprint density at radius 3 is 2.74 bits per heavy atom. The highest BCUT2D eigenvalue weighted by atomic mass is 35.5. The lowest BCUT2D eigenvalue weighted by Gasteiger charge is -2.20. The molecule has 6 nitrogen and oxygen atoms in total. The number of hydrogen-bond donors (Lipinski definition) is 1. The Kier molecular flexibility index (Phi) is 5.72. The van der Waals surface area contributed by atoms with Crippen LogP contribution in [0, 0.1) is 10.1 Å². The summed E-state index contributed by atoms with van der Waals surface area (Å²) in [6.45, 7) is 2.67. The van der Waals surface area contributed by atoms with Gasteiger partial charge in [-0.1, -0.05) is 11.6 Å². The van der Waals surface area contributed by atoms with Crippen LogP contribution in [-0.4, -0.2) is 40.5 Å². The first-order valence-electron chi connectivity index (χ1n) is 5.85. The second-order valence-electron chi connectivity index (χ2n) is 3.89. The van der Waals surface area contributed by atoms with Gasteiger partial charge in [-0.15, -0.1) is 0 Å². The second kappa shape index (κ2) is 7.06. The fraction of sp³-hybridized carbons (Fsp3) is 0.417. The van der Waals surface area contributed by atoms with E-state index in [1.54, 1.807) is 6.92 Å². The number of aliphatic hydroxyl groups is 1. The first-order chi connectivity index (χ1) is 9.01. The fourth-order valence-corrected chi connectivity index (χ4v) is 1.82. The summed E-state index contributed by atoms with van der Waals surface area (Å²) < 4.78 is 0. The van der Waals surface area contributed by atoms with Gasteiger partial charge in [-0.25, -0.2) is 0 Å². The molecule has 0 fully saturated rings. The zero-order chi connectivity index (χ0) is 14.4. The lowest BCUT2D eigenvalue weighted by atomic mass is 10.1. The van der Waals surface area contributed by atoms with Crippen LogP contribution in [0.1, 0.15) is 23.7 Å². The van der Waals surface area contributed by atoms with Crippen LogP contribution >= 0.6 is 11.6 Å². The number of nitrogens with zero attached hydrogens (tertiary/aromatic N) is 2. The van der Waals surface area contributed by atoms with Crippen molar-refractivity contribution < 1.29 is 14.8 Å². The molecule has 0 saturated carbocycles. The highest BCUT2D eigenvalue weighted by Crippen LogP contribution is 2.25. The Balaban J connectivity index is 2.98. The molecular weight excluding hydrogens is 272 g/mol. The Morgan fingerprint density at radius 1 is 1.53 bits per heavy atom. The molecule has 1 aromatic carbocycles. The predicted octanol–water partition coefficient (Wildman–Crippen LogP) is 2.09. The molecule has 0 aromatic heterocycles. The smallest absolute Gasteiger partial charge is 0.288 e. The van der Waals surface area contributed by atoms with Crippen LogP contribution in [0.4, 0.5) is 5.69 Å². The van der Waals surface area contributed by atoms with E-state index in [2.05, 4.69) is 0 Å². The summed E-state index contributed by atoms with van der Waals surface area (Å²) in [4.78, 5) is 23.8. The van der Waals surface area contributed by atoms with Gasteiger partial charge in [-0.2, -0.15) is 0 Å². The third kappa shape index (κ3) is 3.90. The number of halogens is 1. The largest absolute Gasteiger partial charge is 0.396 e. The van der Waals surface area contributed by atoms with Crippen molar-refractivity contribution in [3.63, 3.8) is 0 Å². The van der Waals surface area contributed by atoms with Crippen molar-refractivity contribution in [1.29, 1.82) is 0 Å². The predicted molar refractivity (Wildman–Crippen MR) is 71.4 cm³/mol. The SMILES string of the molecule is CCN(CCCO)C(=O)c1ccc(Cl)c([N+](=O)[O-])c1. The summed E-state index contributed by atoms with van der Waals surface area (Å²) in [5.41, 5.74) is -0.0679. The number of benzene rings is 1. The molecule has 0 aliphatic carbocycles. The van der Waals surface area contributed by atoms with Crippen molar-refractivity contribution in [2.75, 3.05) is 19.7 Å². The maximum absolute atomic E-state index is 12.1. The van der Waals surface area contributed by atoms with E-state index in [9.17, 15) is 14.9 Å². The normalized spacial score (nSPS) is 10.3. The monoisotopic (exact) mass is 286 g/mol. The lowest BCUT2D eigenvalue weighted by molar-refractivity contribution is -0.384. The maximum atomic E-state index is 12.1. The molecule has 0 aliphatic heterocycles. The van der Waals surface area contributed by atoms with Gasteiger partial charge in [0.05, 0.1) is 4.92 Å². The summed E-state index contributed by atoms with van der Waals surface area (Å²) in [7, 11) is 0. The number of nitro groups is 1. The van der Waals surface area contributed by atoms with Crippen LogP contribution in [0.3, 0.4) is 0 Å². The summed E-state index contributed by atoms with van der Waals surface area (Å²) in [6, 6.07) is 3.97. The number of hydrogen-bond acceptors (Lipinski definition) is 4.